The van der Waals surface area contributed by atoms with Gasteiger partial charge in [-0.15, -0.1) is 0 Å². The van der Waals surface area contributed by atoms with E-state index in [1.54, 1.807) is 4.72 Å². The molecule has 2 N–H and O–H groups in total. The Morgan fingerprint density at radius 1 is 1.14 bits per heavy atom. The monoisotopic (exact) mass is 421 g/mol. The third-order valence-electron chi connectivity index (χ3n) is 4.04. The number of aromatic nitrogens is 1. The molecule has 1 aromatic carbocycles. The summed E-state index contributed by atoms with van der Waals surface area (Å²) in [5.74, 6) is -1.16. The first kappa shape index (κ1) is 21.9. The number of hydrogen-bond acceptors (Lipinski definition) is 3. The summed E-state index contributed by atoms with van der Waals surface area (Å²) in [6, 6.07) is 4.84. The fourth-order valence-electron chi connectivity index (χ4n) is 2.28. The van der Waals surface area contributed by atoms with Crippen LogP contribution < -0.4 is 10.0 Å². The van der Waals surface area contributed by atoms with Crippen LogP contribution in [0.3, 0.4) is 0 Å². The fraction of sp³-hybridized carbons (Fsp3) is 0.353. The van der Waals surface area contributed by atoms with Gasteiger partial charge in [0.15, 0.2) is 0 Å². The van der Waals surface area contributed by atoms with Gasteiger partial charge in [-0.25, -0.2) is 12.8 Å². The summed E-state index contributed by atoms with van der Waals surface area (Å²) in [7, 11) is -3.17. The number of carbonyl (C=O) groups excluding carboxylic acids is 1. The smallest absolute Gasteiger partial charge is 0.345 e. The van der Waals surface area contributed by atoms with E-state index in [1.807, 2.05) is 0 Å². The molecule has 0 aliphatic carbocycles. The SMILES string of the molecule is Cc1cc(NC(=O)c2cc(S(=O)(=O)NC(C)(C)C(F)(F)F)cn2C)ccc1F. The van der Waals surface area contributed by atoms with Crippen molar-refractivity contribution in [2.75, 3.05) is 5.32 Å². The minimum atomic E-state index is -4.81. The summed E-state index contributed by atoms with van der Waals surface area (Å²) < 4.78 is 79.6. The number of hydrogen-bond donors (Lipinski definition) is 2. The van der Waals surface area contributed by atoms with Crippen LogP contribution in [0.5, 0.6) is 0 Å². The van der Waals surface area contributed by atoms with Crippen LogP contribution in [0.1, 0.15) is 29.9 Å². The number of nitrogens with zero attached hydrogens (tertiary/aromatic N) is 1. The Morgan fingerprint density at radius 2 is 1.75 bits per heavy atom. The van der Waals surface area contributed by atoms with Crippen molar-refractivity contribution in [1.29, 1.82) is 0 Å². The average molecular weight is 421 g/mol. The summed E-state index contributed by atoms with van der Waals surface area (Å²) in [6.45, 7) is 2.89. The number of amides is 1. The highest BCUT2D eigenvalue weighted by atomic mass is 32.2. The van der Waals surface area contributed by atoms with Crippen LogP contribution in [-0.2, 0) is 17.1 Å². The quantitative estimate of drug-likeness (QED) is 0.727. The third kappa shape index (κ3) is 4.53. The Morgan fingerprint density at radius 3 is 2.29 bits per heavy atom. The Hall–Kier alpha value is -2.40. The number of sulfonamides is 1. The lowest BCUT2D eigenvalue weighted by atomic mass is 10.1. The predicted octanol–water partition coefficient (Wildman–Crippen LogP) is 3.34. The number of rotatable bonds is 5. The van der Waals surface area contributed by atoms with Crippen molar-refractivity contribution in [1.82, 2.24) is 9.29 Å². The maximum atomic E-state index is 13.3. The molecule has 2 aromatic rings. The second-order valence-corrected chi connectivity index (χ2v) is 8.50. The van der Waals surface area contributed by atoms with E-state index in [9.17, 15) is 30.8 Å². The van der Waals surface area contributed by atoms with E-state index in [-0.39, 0.29) is 11.4 Å². The highest BCUT2D eigenvalue weighted by molar-refractivity contribution is 7.89. The molecular weight excluding hydrogens is 402 g/mol. The molecule has 0 saturated heterocycles. The van der Waals surface area contributed by atoms with Gasteiger partial charge < -0.3 is 9.88 Å². The largest absolute Gasteiger partial charge is 0.407 e. The van der Waals surface area contributed by atoms with E-state index in [0.717, 1.165) is 18.3 Å². The molecule has 0 atom stereocenters. The third-order valence-corrected chi connectivity index (χ3v) is 5.66. The Labute approximate surface area is 159 Å². The van der Waals surface area contributed by atoms with Crippen molar-refractivity contribution in [2.24, 2.45) is 7.05 Å². The van der Waals surface area contributed by atoms with Crippen LogP contribution in [0.25, 0.3) is 0 Å². The zero-order chi connectivity index (χ0) is 21.5. The van der Waals surface area contributed by atoms with Crippen molar-refractivity contribution in [3.05, 3.63) is 47.5 Å². The van der Waals surface area contributed by atoms with E-state index < -0.39 is 38.4 Å². The maximum Gasteiger partial charge on any atom is 0.407 e. The fourth-order valence-corrected chi connectivity index (χ4v) is 3.75. The van der Waals surface area contributed by atoms with Crippen LogP contribution in [0.15, 0.2) is 35.4 Å². The summed E-state index contributed by atoms with van der Waals surface area (Å²) in [4.78, 5) is 11.9. The maximum absolute atomic E-state index is 13.3. The Kier molecular flexibility index (Phi) is 5.64. The molecule has 0 fully saturated rings. The first-order valence-corrected chi connectivity index (χ1v) is 9.47. The molecule has 0 saturated carbocycles. The van der Waals surface area contributed by atoms with E-state index in [0.29, 0.717) is 19.4 Å². The Balaban J connectivity index is 2.28. The lowest BCUT2D eigenvalue weighted by Crippen LogP contribution is -2.54. The van der Waals surface area contributed by atoms with Gasteiger partial charge >= 0.3 is 6.18 Å². The van der Waals surface area contributed by atoms with Gasteiger partial charge in [0.25, 0.3) is 5.91 Å². The Bertz CT molecular complexity index is 1010. The lowest BCUT2D eigenvalue weighted by molar-refractivity contribution is -0.180. The van der Waals surface area contributed by atoms with Gasteiger partial charge in [0, 0.05) is 18.9 Å². The van der Waals surface area contributed by atoms with E-state index >= 15 is 0 Å². The minimum absolute atomic E-state index is 0.104. The van der Waals surface area contributed by atoms with Crippen LogP contribution >= 0.6 is 0 Å². The van der Waals surface area contributed by atoms with Crippen LogP contribution in [0.2, 0.25) is 0 Å². The van der Waals surface area contributed by atoms with Crippen molar-refractivity contribution in [3.63, 3.8) is 0 Å². The van der Waals surface area contributed by atoms with Gasteiger partial charge in [-0.05, 0) is 50.6 Å². The predicted molar refractivity (Wildman–Crippen MR) is 95.0 cm³/mol. The number of halogens is 4. The number of alkyl halides is 3. The molecule has 1 amide bonds. The normalized spacial score (nSPS) is 12.9. The van der Waals surface area contributed by atoms with E-state index in [2.05, 4.69) is 5.32 Å². The van der Waals surface area contributed by atoms with E-state index in [4.69, 9.17) is 0 Å². The van der Waals surface area contributed by atoms with Crippen molar-refractivity contribution < 1.29 is 30.8 Å². The molecule has 0 aliphatic heterocycles. The summed E-state index contributed by atoms with van der Waals surface area (Å²) in [5, 5.41) is 2.48. The standard InChI is InChI=1S/C17H19F4N3O3S/c1-10-7-11(5-6-13(10)18)22-15(25)14-8-12(9-24(14)4)28(26,27)23-16(2,3)17(19,20)21/h5-9,23H,1-4H3,(H,22,25). The van der Waals surface area contributed by atoms with Crippen molar-refractivity contribution >= 4 is 21.6 Å². The molecule has 154 valence electrons. The number of carbonyl (C=O) groups is 1. The van der Waals surface area contributed by atoms with Crippen LogP contribution in [0, 0.1) is 12.7 Å². The molecule has 0 bridgehead atoms. The zero-order valence-electron chi connectivity index (χ0n) is 15.5. The molecule has 6 nitrogen and oxygen atoms in total. The highest BCUT2D eigenvalue weighted by Gasteiger charge is 2.50. The first-order chi connectivity index (χ1) is 12.6. The average Bonchev–Trinajstić information content (AvgIpc) is 2.92. The molecule has 1 aromatic heterocycles. The number of benzene rings is 1. The van der Waals surface area contributed by atoms with Gasteiger partial charge in [0.2, 0.25) is 10.0 Å². The number of nitrogens with one attached hydrogen (secondary N) is 2. The summed E-state index contributed by atoms with van der Waals surface area (Å²) in [5.41, 5.74) is -2.22. The molecule has 0 spiro atoms. The van der Waals surface area contributed by atoms with E-state index in [1.165, 1.54) is 30.7 Å². The number of anilines is 1. The van der Waals surface area contributed by atoms with Crippen LogP contribution in [0.4, 0.5) is 23.2 Å². The van der Waals surface area contributed by atoms with Crippen LogP contribution in [-0.4, -0.2) is 30.6 Å². The van der Waals surface area contributed by atoms with Gasteiger partial charge in [0.1, 0.15) is 21.9 Å². The minimum Gasteiger partial charge on any atom is -0.345 e. The van der Waals surface area contributed by atoms with Crippen molar-refractivity contribution in [2.45, 2.75) is 37.4 Å². The van der Waals surface area contributed by atoms with Crippen molar-refractivity contribution in [3.8, 4) is 0 Å². The highest BCUT2D eigenvalue weighted by Crippen LogP contribution is 2.31. The molecule has 2 rings (SSSR count). The number of aryl methyl sites for hydroxylation is 2. The van der Waals surface area contributed by atoms with Gasteiger partial charge in [-0.2, -0.15) is 17.9 Å². The van der Waals surface area contributed by atoms with Gasteiger partial charge in [-0.3, -0.25) is 4.79 Å². The molecule has 1 heterocycles. The molecule has 0 unspecified atom stereocenters. The van der Waals surface area contributed by atoms with Gasteiger partial charge in [0.05, 0.1) is 0 Å². The summed E-state index contributed by atoms with van der Waals surface area (Å²) >= 11 is 0. The lowest BCUT2D eigenvalue weighted by Gasteiger charge is -2.28. The molecule has 0 radical (unpaired) electrons. The molecule has 11 heteroatoms. The molecular formula is C17H19F4N3O3S. The molecule has 0 aliphatic rings. The molecule has 28 heavy (non-hydrogen) atoms. The first-order valence-electron chi connectivity index (χ1n) is 7.98. The summed E-state index contributed by atoms with van der Waals surface area (Å²) in [6.07, 6.45) is -3.78. The van der Waals surface area contributed by atoms with Gasteiger partial charge in [-0.1, -0.05) is 0 Å². The topological polar surface area (TPSA) is 80.2 Å². The second kappa shape index (κ2) is 7.21. The second-order valence-electron chi connectivity index (χ2n) is 6.82. The zero-order valence-corrected chi connectivity index (χ0v) is 16.3.